The zero-order valence-corrected chi connectivity index (χ0v) is 16.2. The molecule has 1 unspecified atom stereocenters. The van der Waals surface area contributed by atoms with Gasteiger partial charge in [0.05, 0.1) is 12.6 Å². The zero-order valence-electron chi connectivity index (χ0n) is 16.2. The summed E-state index contributed by atoms with van der Waals surface area (Å²) in [6.07, 6.45) is 0.758. The van der Waals surface area contributed by atoms with E-state index in [1.165, 1.54) is 5.56 Å². The van der Waals surface area contributed by atoms with Gasteiger partial charge in [0, 0.05) is 6.54 Å². The molecule has 0 saturated carbocycles. The van der Waals surface area contributed by atoms with Crippen LogP contribution in [0.3, 0.4) is 0 Å². The predicted octanol–water partition coefficient (Wildman–Crippen LogP) is 4.81. The standard InChI is InChI=1S/C22H30N2O2/c1-17(18-9-6-5-7-10-18)24-21(25)23-15-8-16-26-20-13-11-19(12-14-20)22(2,3)4/h5-7,9-14,17H,8,15-16H2,1-4H3,(H2,23,24,25). The number of amides is 2. The lowest BCUT2D eigenvalue weighted by atomic mass is 9.87. The molecule has 26 heavy (non-hydrogen) atoms. The Labute approximate surface area is 157 Å². The molecule has 2 amide bonds. The molecule has 2 rings (SSSR count). The second-order valence-corrected chi connectivity index (χ2v) is 7.51. The molecule has 0 saturated heterocycles. The Kier molecular flexibility index (Phi) is 7.07. The van der Waals surface area contributed by atoms with Crippen LogP contribution in [0.2, 0.25) is 0 Å². The minimum atomic E-state index is -0.157. The minimum Gasteiger partial charge on any atom is -0.494 e. The third-order valence-electron chi connectivity index (χ3n) is 4.24. The van der Waals surface area contributed by atoms with Gasteiger partial charge in [-0.05, 0) is 42.0 Å². The SMILES string of the molecule is CC(NC(=O)NCCCOc1ccc(C(C)(C)C)cc1)c1ccccc1. The van der Waals surface area contributed by atoms with E-state index < -0.39 is 0 Å². The van der Waals surface area contributed by atoms with Crippen LogP contribution in [-0.2, 0) is 5.41 Å². The number of hydrogen-bond donors (Lipinski definition) is 2. The van der Waals surface area contributed by atoms with Gasteiger partial charge in [0.1, 0.15) is 5.75 Å². The Morgan fingerprint density at radius 1 is 1.04 bits per heavy atom. The summed E-state index contributed by atoms with van der Waals surface area (Å²) in [6.45, 7) is 9.70. The lowest BCUT2D eigenvalue weighted by Crippen LogP contribution is -2.37. The Morgan fingerprint density at radius 3 is 2.31 bits per heavy atom. The number of ether oxygens (including phenoxy) is 1. The van der Waals surface area contributed by atoms with E-state index >= 15 is 0 Å². The van der Waals surface area contributed by atoms with E-state index in [1.54, 1.807) is 0 Å². The number of benzene rings is 2. The van der Waals surface area contributed by atoms with Gasteiger partial charge in [0.2, 0.25) is 0 Å². The fourth-order valence-corrected chi connectivity index (χ4v) is 2.59. The average Bonchev–Trinajstić information content (AvgIpc) is 2.62. The number of urea groups is 1. The minimum absolute atomic E-state index is 0.0196. The van der Waals surface area contributed by atoms with Crippen molar-refractivity contribution >= 4 is 6.03 Å². The van der Waals surface area contributed by atoms with Crippen molar-refractivity contribution < 1.29 is 9.53 Å². The van der Waals surface area contributed by atoms with Gasteiger partial charge in [-0.25, -0.2) is 4.79 Å². The molecule has 0 spiro atoms. The number of carbonyl (C=O) groups excluding carboxylic acids is 1. The molecule has 0 aliphatic rings. The average molecular weight is 354 g/mol. The molecule has 0 bridgehead atoms. The monoisotopic (exact) mass is 354 g/mol. The number of hydrogen-bond acceptors (Lipinski definition) is 2. The molecule has 0 heterocycles. The van der Waals surface area contributed by atoms with E-state index in [9.17, 15) is 4.79 Å². The Bertz CT molecular complexity index is 676. The van der Waals surface area contributed by atoms with Gasteiger partial charge in [0.15, 0.2) is 0 Å². The highest BCUT2D eigenvalue weighted by atomic mass is 16.5. The lowest BCUT2D eigenvalue weighted by Gasteiger charge is -2.19. The van der Waals surface area contributed by atoms with Crippen molar-refractivity contribution in [1.29, 1.82) is 0 Å². The van der Waals surface area contributed by atoms with E-state index in [0.717, 1.165) is 17.7 Å². The van der Waals surface area contributed by atoms with Crippen LogP contribution >= 0.6 is 0 Å². The molecule has 4 nitrogen and oxygen atoms in total. The summed E-state index contributed by atoms with van der Waals surface area (Å²) in [5, 5.41) is 5.80. The third-order valence-corrected chi connectivity index (χ3v) is 4.24. The first-order valence-electron chi connectivity index (χ1n) is 9.19. The van der Waals surface area contributed by atoms with E-state index in [0.29, 0.717) is 13.2 Å². The van der Waals surface area contributed by atoms with E-state index in [-0.39, 0.29) is 17.5 Å². The van der Waals surface area contributed by atoms with Crippen LogP contribution in [0.15, 0.2) is 54.6 Å². The number of rotatable bonds is 7. The van der Waals surface area contributed by atoms with Gasteiger partial charge >= 0.3 is 6.03 Å². The fourth-order valence-electron chi connectivity index (χ4n) is 2.59. The molecular formula is C22H30N2O2. The highest BCUT2D eigenvalue weighted by Gasteiger charge is 2.13. The summed E-state index contributed by atoms with van der Waals surface area (Å²) in [7, 11) is 0. The van der Waals surface area contributed by atoms with Crippen molar-refractivity contribution in [2.24, 2.45) is 0 Å². The molecule has 0 aromatic heterocycles. The van der Waals surface area contributed by atoms with Crippen molar-refractivity contribution in [3.05, 3.63) is 65.7 Å². The Morgan fingerprint density at radius 2 is 1.69 bits per heavy atom. The van der Waals surface area contributed by atoms with Gasteiger partial charge in [-0.1, -0.05) is 63.2 Å². The van der Waals surface area contributed by atoms with Crippen LogP contribution in [0.1, 0.15) is 51.3 Å². The van der Waals surface area contributed by atoms with Crippen LogP contribution in [0.5, 0.6) is 5.75 Å². The van der Waals surface area contributed by atoms with Crippen LogP contribution in [0.25, 0.3) is 0 Å². The highest BCUT2D eigenvalue weighted by molar-refractivity contribution is 5.74. The van der Waals surface area contributed by atoms with Crippen molar-refractivity contribution in [3.63, 3.8) is 0 Å². The fraction of sp³-hybridized carbons (Fsp3) is 0.409. The molecule has 2 aromatic rings. The van der Waals surface area contributed by atoms with Gasteiger partial charge in [-0.15, -0.1) is 0 Å². The first-order valence-corrected chi connectivity index (χ1v) is 9.19. The smallest absolute Gasteiger partial charge is 0.315 e. The van der Waals surface area contributed by atoms with Crippen LogP contribution in [0.4, 0.5) is 4.79 Å². The highest BCUT2D eigenvalue weighted by Crippen LogP contribution is 2.24. The second-order valence-electron chi connectivity index (χ2n) is 7.51. The van der Waals surface area contributed by atoms with Crippen molar-refractivity contribution in [2.45, 2.75) is 45.6 Å². The molecule has 140 valence electrons. The number of carbonyl (C=O) groups is 1. The summed E-state index contributed by atoms with van der Waals surface area (Å²) in [4.78, 5) is 11.9. The van der Waals surface area contributed by atoms with Crippen molar-refractivity contribution in [3.8, 4) is 5.75 Å². The lowest BCUT2D eigenvalue weighted by molar-refractivity contribution is 0.236. The summed E-state index contributed by atoms with van der Waals surface area (Å²) < 4.78 is 5.73. The number of nitrogens with one attached hydrogen (secondary N) is 2. The van der Waals surface area contributed by atoms with Gasteiger partial charge in [0.25, 0.3) is 0 Å². The largest absolute Gasteiger partial charge is 0.494 e. The van der Waals surface area contributed by atoms with Gasteiger partial charge in [-0.2, -0.15) is 0 Å². The first-order chi connectivity index (χ1) is 12.4. The van der Waals surface area contributed by atoms with Gasteiger partial charge < -0.3 is 15.4 Å². The topological polar surface area (TPSA) is 50.4 Å². The Hall–Kier alpha value is -2.49. The molecule has 0 fully saturated rings. The van der Waals surface area contributed by atoms with E-state index in [1.807, 2.05) is 49.4 Å². The van der Waals surface area contributed by atoms with Crippen LogP contribution in [0, 0.1) is 0 Å². The molecule has 0 radical (unpaired) electrons. The van der Waals surface area contributed by atoms with Crippen LogP contribution in [-0.4, -0.2) is 19.2 Å². The second kappa shape index (κ2) is 9.27. The molecule has 0 aliphatic carbocycles. The van der Waals surface area contributed by atoms with Crippen LogP contribution < -0.4 is 15.4 Å². The zero-order chi connectivity index (χ0) is 19.0. The summed E-state index contributed by atoms with van der Waals surface area (Å²) in [5.41, 5.74) is 2.52. The normalized spacial score (nSPS) is 12.3. The first kappa shape index (κ1) is 19.8. The van der Waals surface area contributed by atoms with Crippen molar-refractivity contribution in [1.82, 2.24) is 10.6 Å². The maximum atomic E-state index is 11.9. The molecule has 4 heteroatoms. The molecular weight excluding hydrogens is 324 g/mol. The maximum Gasteiger partial charge on any atom is 0.315 e. The molecule has 2 aromatic carbocycles. The quantitative estimate of drug-likeness (QED) is 0.701. The van der Waals surface area contributed by atoms with Gasteiger partial charge in [-0.3, -0.25) is 0 Å². The van der Waals surface area contributed by atoms with E-state index in [4.69, 9.17) is 4.74 Å². The summed E-state index contributed by atoms with van der Waals surface area (Å²) in [6, 6.07) is 17.9. The summed E-state index contributed by atoms with van der Waals surface area (Å²) in [5.74, 6) is 0.861. The third kappa shape index (κ3) is 6.43. The maximum absolute atomic E-state index is 11.9. The Balaban J connectivity index is 1.63. The summed E-state index contributed by atoms with van der Waals surface area (Å²) >= 11 is 0. The molecule has 1 atom stereocenters. The van der Waals surface area contributed by atoms with E-state index in [2.05, 4.69) is 43.5 Å². The molecule has 0 aliphatic heterocycles. The van der Waals surface area contributed by atoms with Crippen molar-refractivity contribution in [2.75, 3.05) is 13.2 Å². The predicted molar refractivity (Wildman–Crippen MR) is 107 cm³/mol. The molecule has 2 N–H and O–H groups in total.